The van der Waals surface area contributed by atoms with E-state index in [9.17, 15) is 4.79 Å². The predicted molar refractivity (Wildman–Crippen MR) is 81.4 cm³/mol. The van der Waals surface area contributed by atoms with E-state index in [1.807, 2.05) is 6.07 Å². The van der Waals surface area contributed by atoms with Crippen LogP contribution in [0.25, 0.3) is 0 Å². The van der Waals surface area contributed by atoms with Gasteiger partial charge in [0.1, 0.15) is 5.82 Å². The number of nitrogens with two attached hydrogens (primary N) is 1. The molecule has 2 fully saturated rings. The van der Waals surface area contributed by atoms with Crippen molar-refractivity contribution in [3.63, 3.8) is 0 Å². The molecule has 1 amide bonds. The summed E-state index contributed by atoms with van der Waals surface area (Å²) in [6.45, 7) is 1.81. The molecule has 5 nitrogen and oxygen atoms in total. The van der Waals surface area contributed by atoms with Gasteiger partial charge in [0.05, 0.1) is 5.69 Å². The molecule has 1 saturated heterocycles. The Hall–Kier alpha value is -1.65. The first-order valence-electron chi connectivity index (χ1n) is 8.09. The Kier molecular flexibility index (Phi) is 4.36. The van der Waals surface area contributed by atoms with E-state index in [4.69, 9.17) is 5.73 Å². The molecular weight excluding hydrogens is 264 g/mol. The number of amides is 1. The van der Waals surface area contributed by atoms with E-state index in [2.05, 4.69) is 15.1 Å². The number of nitrogens with zero attached hydrogens (tertiary/aromatic N) is 3. The number of carbonyl (C=O) groups is 1. The highest BCUT2D eigenvalue weighted by Gasteiger charge is 2.30. The summed E-state index contributed by atoms with van der Waals surface area (Å²) in [6, 6.07) is 3.74. The molecule has 1 atom stereocenters. The Morgan fingerprint density at radius 2 is 2.00 bits per heavy atom. The number of hydrogen-bond acceptors (Lipinski definition) is 4. The van der Waals surface area contributed by atoms with Crippen LogP contribution in [-0.2, 0) is 11.2 Å². The van der Waals surface area contributed by atoms with E-state index >= 15 is 0 Å². The molecule has 2 N–H and O–H groups in total. The number of anilines is 1. The van der Waals surface area contributed by atoms with E-state index in [1.54, 1.807) is 6.07 Å². The predicted octanol–water partition coefficient (Wildman–Crippen LogP) is 2.03. The molecule has 3 rings (SSSR count). The van der Waals surface area contributed by atoms with Gasteiger partial charge in [-0.1, -0.05) is 12.8 Å². The second-order valence-electron chi connectivity index (χ2n) is 6.43. The summed E-state index contributed by atoms with van der Waals surface area (Å²) < 4.78 is 0. The lowest BCUT2D eigenvalue weighted by Gasteiger charge is -2.34. The third kappa shape index (κ3) is 3.52. The smallest absolute Gasteiger partial charge is 0.225 e. The molecule has 0 aromatic carbocycles. The maximum absolute atomic E-state index is 12.5. The van der Waals surface area contributed by atoms with Crippen LogP contribution in [-0.4, -0.2) is 34.1 Å². The molecule has 0 radical (unpaired) electrons. The summed E-state index contributed by atoms with van der Waals surface area (Å²) in [5, 5.41) is 8.05. The standard InChI is InChI=1S/C16H24N4O/c17-15-8-7-14(18-19-15)10-12-4-3-9-20(11-12)16(21)13-5-1-2-6-13/h7-8,12-13H,1-6,9-11H2,(H2,17,19). The van der Waals surface area contributed by atoms with Crippen LogP contribution in [0.1, 0.15) is 44.2 Å². The lowest BCUT2D eigenvalue weighted by Crippen LogP contribution is -2.43. The maximum Gasteiger partial charge on any atom is 0.225 e. The first kappa shape index (κ1) is 14.3. The molecule has 2 heterocycles. The van der Waals surface area contributed by atoms with Gasteiger partial charge >= 0.3 is 0 Å². The van der Waals surface area contributed by atoms with Crippen LogP contribution in [0.3, 0.4) is 0 Å². The minimum atomic E-state index is 0.292. The van der Waals surface area contributed by atoms with Crippen molar-refractivity contribution in [2.24, 2.45) is 11.8 Å². The maximum atomic E-state index is 12.5. The molecule has 0 bridgehead atoms. The van der Waals surface area contributed by atoms with Gasteiger partial charge in [0, 0.05) is 19.0 Å². The van der Waals surface area contributed by atoms with Gasteiger partial charge in [-0.15, -0.1) is 5.10 Å². The zero-order valence-corrected chi connectivity index (χ0v) is 12.5. The van der Waals surface area contributed by atoms with Crippen molar-refractivity contribution in [2.45, 2.75) is 44.9 Å². The van der Waals surface area contributed by atoms with Crippen LogP contribution < -0.4 is 5.73 Å². The third-order valence-corrected chi connectivity index (χ3v) is 4.77. The Morgan fingerprint density at radius 1 is 1.19 bits per heavy atom. The van der Waals surface area contributed by atoms with Crippen LogP contribution in [0.5, 0.6) is 0 Å². The van der Waals surface area contributed by atoms with Crippen LogP contribution in [0, 0.1) is 11.8 Å². The molecular formula is C16H24N4O. The van der Waals surface area contributed by atoms with E-state index in [1.165, 1.54) is 19.3 Å². The molecule has 0 spiro atoms. The molecule has 1 aromatic rings. The second-order valence-corrected chi connectivity index (χ2v) is 6.43. The average Bonchev–Trinajstić information content (AvgIpc) is 3.03. The van der Waals surface area contributed by atoms with Crippen LogP contribution in [0.2, 0.25) is 0 Å². The van der Waals surface area contributed by atoms with Crippen LogP contribution in [0.4, 0.5) is 5.82 Å². The fourth-order valence-corrected chi connectivity index (χ4v) is 3.64. The van der Waals surface area contributed by atoms with Crippen LogP contribution >= 0.6 is 0 Å². The van der Waals surface area contributed by atoms with E-state index in [0.29, 0.717) is 23.6 Å². The normalized spacial score (nSPS) is 23.4. The molecule has 1 unspecified atom stereocenters. The Morgan fingerprint density at radius 3 is 2.71 bits per heavy atom. The van der Waals surface area contributed by atoms with Crippen molar-refractivity contribution >= 4 is 11.7 Å². The van der Waals surface area contributed by atoms with Crippen molar-refractivity contribution in [1.29, 1.82) is 0 Å². The molecule has 114 valence electrons. The highest BCUT2D eigenvalue weighted by Crippen LogP contribution is 2.29. The summed E-state index contributed by atoms with van der Waals surface area (Å²) in [5.41, 5.74) is 6.54. The molecule has 1 aromatic heterocycles. The SMILES string of the molecule is Nc1ccc(CC2CCCN(C(=O)C3CCCC3)C2)nn1. The van der Waals surface area contributed by atoms with Gasteiger partial charge in [-0.25, -0.2) is 0 Å². The van der Waals surface area contributed by atoms with Crippen molar-refractivity contribution in [3.05, 3.63) is 17.8 Å². The minimum absolute atomic E-state index is 0.292. The average molecular weight is 288 g/mol. The fraction of sp³-hybridized carbons (Fsp3) is 0.688. The molecule has 21 heavy (non-hydrogen) atoms. The minimum Gasteiger partial charge on any atom is -0.382 e. The number of carbonyl (C=O) groups excluding carboxylic acids is 1. The molecule has 1 saturated carbocycles. The van der Waals surface area contributed by atoms with Crippen molar-refractivity contribution in [1.82, 2.24) is 15.1 Å². The van der Waals surface area contributed by atoms with Gasteiger partial charge in [0.15, 0.2) is 0 Å². The van der Waals surface area contributed by atoms with E-state index in [-0.39, 0.29) is 0 Å². The van der Waals surface area contributed by atoms with Crippen molar-refractivity contribution in [2.75, 3.05) is 18.8 Å². The zero-order valence-electron chi connectivity index (χ0n) is 12.5. The lowest BCUT2D eigenvalue weighted by atomic mass is 9.92. The third-order valence-electron chi connectivity index (χ3n) is 4.77. The molecule has 1 aliphatic carbocycles. The topological polar surface area (TPSA) is 72.1 Å². The van der Waals surface area contributed by atoms with Crippen molar-refractivity contribution < 1.29 is 4.79 Å². The zero-order chi connectivity index (χ0) is 14.7. The number of nitrogen functional groups attached to an aromatic ring is 1. The fourth-order valence-electron chi connectivity index (χ4n) is 3.64. The number of hydrogen-bond donors (Lipinski definition) is 1. The van der Waals surface area contributed by atoms with E-state index < -0.39 is 0 Å². The number of likely N-dealkylation sites (tertiary alicyclic amines) is 1. The van der Waals surface area contributed by atoms with Gasteiger partial charge in [-0.05, 0) is 50.2 Å². The Bertz CT molecular complexity index is 482. The van der Waals surface area contributed by atoms with E-state index in [0.717, 1.165) is 44.5 Å². The Balaban J connectivity index is 1.57. The number of rotatable bonds is 3. The number of piperidine rings is 1. The Labute approximate surface area is 125 Å². The summed E-state index contributed by atoms with van der Waals surface area (Å²) in [5.74, 6) is 1.64. The quantitative estimate of drug-likeness (QED) is 0.923. The monoisotopic (exact) mass is 288 g/mol. The largest absolute Gasteiger partial charge is 0.382 e. The summed E-state index contributed by atoms with van der Waals surface area (Å²) in [7, 11) is 0. The second kappa shape index (κ2) is 6.41. The summed E-state index contributed by atoms with van der Waals surface area (Å²) >= 11 is 0. The van der Waals surface area contributed by atoms with Crippen LogP contribution in [0.15, 0.2) is 12.1 Å². The molecule has 5 heteroatoms. The lowest BCUT2D eigenvalue weighted by molar-refractivity contribution is -0.137. The summed E-state index contributed by atoms with van der Waals surface area (Å²) in [6.07, 6.45) is 7.77. The first-order chi connectivity index (χ1) is 10.2. The van der Waals surface area contributed by atoms with Gasteiger partial charge in [0.25, 0.3) is 0 Å². The van der Waals surface area contributed by atoms with Gasteiger partial charge < -0.3 is 10.6 Å². The molecule has 2 aliphatic rings. The van der Waals surface area contributed by atoms with Crippen molar-refractivity contribution in [3.8, 4) is 0 Å². The summed E-state index contributed by atoms with van der Waals surface area (Å²) in [4.78, 5) is 14.6. The molecule has 1 aliphatic heterocycles. The van der Waals surface area contributed by atoms with Gasteiger partial charge in [-0.2, -0.15) is 5.10 Å². The van der Waals surface area contributed by atoms with Gasteiger partial charge in [-0.3, -0.25) is 4.79 Å². The highest BCUT2D eigenvalue weighted by molar-refractivity contribution is 5.79. The first-order valence-corrected chi connectivity index (χ1v) is 8.09. The highest BCUT2D eigenvalue weighted by atomic mass is 16.2. The van der Waals surface area contributed by atoms with Gasteiger partial charge in [0.2, 0.25) is 5.91 Å². The number of aromatic nitrogens is 2.